The largest absolute Gasteiger partial charge is 0.385 e. The van der Waals surface area contributed by atoms with Gasteiger partial charge in [-0.25, -0.2) is 0 Å². The Balaban J connectivity index is 4.86. The first kappa shape index (κ1) is 20.8. The summed E-state index contributed by atoms with van der Waals surface area (Å²) in [4.78, 5) is 0. The van der Waals surface area contributed by atoms with E-state index in [1.54, 1.807) is 28.4 Å². The molecule has 0 heterocycles. The number of methoxy groups -OCH3 is 4. The standard InChI is InChI=1S/C16H34O5/c1-7-15(11-18-4,12-19-5)13-21-16(8-2,14-20-6)9-10-17-3/h7-14H2,1-6H3. The van der Waals surface area contributed by atoms with Crippen LogP contribution in [0.25, 0.3) is 0 Å². The van der Waals surface area contributed by atoms with Gasteiger partial charge in [-0.2, -0.15) is 0 Å². The van der Waals surface area contributed by atoms with Crippen molar-refractivity contribution in [3.05, 3.63) is 0 Å². The fourth-order valence-corrected chi connectivity index (χ4v) is 2.47. The molecule has 0 aromatic rings. The smallest absolute Gasteiger partial charge is 0.0934 e. The molecule has 0 aromatic heterocycles. The van der Waals surface area contributed by atoms with Gasteiger partial charge >= 0.3 is 0 Å². The zero-order chi connectivity index (χ0) is 16.2. The highest BCUT2D eigenvalue weighted by Crippen LogP contribution is 2.29. The molecule has 0 fully saturated rings. The van der Waals surface area contributed by atoms with Crippen LogP contribution in [0.1, 0.15) is 33.1 Å². The number of rotatable bonds is 14. The van der Waals surface area contributed by atoms with Crippen molar-refractivity contribution in [3.8, 4) is 0 Å². The van der Waals surface area contributed by atoms with Gasteiger partial charge in [-0.1, -0.05) is 13.8 Å². The van der Waals surface area contributed by atoms with Crippen molar-refractivity contribution in [1.29, 1.82) is 0 Å². The molecule has 1 atom stereocenters. The maximum Gasteiger partial charge on any atom is 0.0934 e. The maximum atomic E-state index is 6.32. The summed E-state index contributed by atoms with van der Waals surface area (Å²) in [6.45, 7) is 7.31. The van der Waals surface area contributed by atoms with Crippen molar-refractivity contribution in [3.63, 3.8) is 0 Å². The van der Waals surface area contributed by atoms with Gasteiger partial charge < -0.3 is 23.7 Å². The topological polar surface area (TPSA) is 46.2 Å². The summed E-state index contributed by atoms with van der Waals surface area (Å²) < 4.78 is 27.7. The lowest BCUT2D eigenvalue weighted by Crippen LogP contribution is -2.44. The van der Waals surface area contributed by atoms with Gasteiger partial charge in [-0.15, -0.1) is 0 Å². The molecular weight excluding hydrogens is 272 g/mol. The van der Waals surface area contributed by atoms with E-state index in [-0.39, 0.29) is 11.0 Å². The van der Waals surface area contributed by atoms with Crippen molar-refractivity contribution in [2.24, 2.45) is 5.41 Å². The Morgan fingerprint density at radius 1 is 0.667 bits per heavy atom. The van der Waals surface area contributed by atoms with Crippen molar-refractivity contribution in [2.45, 2.75) is 38.7 Å². The second kappa shape index (κ2) is 11.4. The number of ether oxygens (including phenoxy) is 5. The average Bonchev–Trinajstić information content (AvgIpc) is 2.50. The van der Waals surface area contributed by atoms with Gasteiger partial charge in [0.05, 0.1) is 32.0 Å². The molecule has 128 valence electrons. The molecule has 0 amide bonds. The second-order valence-electron chi connectivity index (χ2n) is 5.72. The second-order valence-corrected chi connectivity index (χ2v) is 5.72. The summed E-state index contributed by atoms with van der Waals surface area (Å²) in [5.74, 6) is 0. The van der Waals surface area contributed by atoms with Gasteiger partial charge in [-0.05, 0) is 12.8 Å². The number of hydrogen-bond donors (Lipinski definition) is 0. The third-order valence-electron chi connectivity index (χ3n) is 4.15. The fraction of sp³-hybridized carbons (Fsp3) is 1.00. The summed E-state index contributed by atoms with van der Waals surface area (Å²) >= 11 is 0. The van der Waals surface area contributed by atoms with E-state index in [2.05, 4.69) is 13.8 Å². The maximum absolute atomic E-state index is 6.32. The first-order valence-corrected chi connectivity index (χ1v) is 7.67. The third-order valence-corrected chi connectivity index (χ3v) is 4.15. The molecule has 1 unspecified atom stereocenters. The minimum absolute atomic E-state index is 0.120. The van der Waals surface area contributed by atoms with Crippen molar-refractivity contribution in [1.82, 2.24) is 0 Å². The molecule has 5 heteroatoms. The Morgan fingerprint density at radius 3 is 1.62 bits per heavy atom. The first-order valence-electron chi connectivity index (χ1n) is 7.67. The Hall–Kier alpha value is -0.200. The summed E-state index contributed by atoms with van der Waals surface area (Å²) in [6, 6.07) is 0. The fourth-order valence-electron chi connectivity index (χ4n) is 2.47. The summed E-state index contributed by atoms with van der Waals surface area (Å²) in [6.07, 6.45) is 2.63. The van der Waals surface area contributed by atoms with E-state index in [4.69, 9.17) is 23.7 Å². The van der Waals surface area contributed by atoms with Crippen LogP contribution in [-0.4, -0.2) is 67.1 Å². The zero-order valence-corrected chi connectivity index (χ0v) is 14.7. The third kappa shape index (κ3) is 7.06. The monoisotopic (exact) mass is 306 g/mol. The first-order chi connectivity index (χ1) is 10.1. The van der Waals surface area contributed by atoms with Crippen LogP contribution in [0, 0.1) is 5.41 Å². The SMILES string of the molecule is CCC(COC)(COC)COC(CC)(CCOC)COC. The van der Waals surface area contributed by atoms with E-state index in [9.17, 15) is 0 Å². The molecule has 5 nitrogen and oxygen atoms in total. The highest BCUT2D eigenvalue weighted by Gasteiger charge is 2.35. The van der Waals surface area contributed by atoms with E-state index in [0.717, 1.165) is 19.3 Å². The van der Waals surface area contributed by atoms with Gasteiger partial charge in [-0.3, -0.25) is 0 Å². The quantitative estimate of drug-likeness (QED) is 0.493. The molecular formula is C16H34O5. The molecule has 0 aliphatic carbocycles. The minimum Gasteiger partial charge on any atom is -0.385 e. The highest BCUT2D eigenvalue weighted by molar-refractivity contribution is 4.84. The molecule has 21 heavy (non-hydrogen) atoms. The molecule has 0 N–H and O–H groups in total. The molecule has 0 bridgehead atoms. The van der Waals surface area contributed by atoms with E-state index in [1.165, 1.54) is 0 Å². The van der Waals surface area contributed by atoms with Crippen molar-refractivity contribution < 1.29 is 23.7 Å². The van der Waals surface area contributed by atoms with E-state index < -0.39 is 0 Å². The lowest BCUT2D eigenvalue weighted by Gasteiger charge is -2.38. The Kier molecular flexibility index (Phi) is 11.3. The Bertz CT molecular complexity index is 241. The minimum atomic E-state index is -0.313. The predicted octanol–water partition coefficient (Wildman–Crippen LogP) is 2.52. The zero-order valence-electron chi connectivity index (χ0n) is 14.7. The van der Waals surface area contributed by atoms with Crippen LogP contribution < -0.4 is 0 Å². The average molecular weight is 306 g/mol. The summed E-state index contributed by atoms with van der Waals surface area (Å²) in [7, 11) is 6.85. The molecule has 0 radical (unpaired) electrons. The predicted molar refractivity (Wildman–Crippen MR) is 83.8 cm³/mol. The molecule has 0 aromatic carbocycles. The normalized spacial score (nSPS) is 15.1. The van der Waals surface area contributed by atoms with Gasteiger partial charge in [0.15, 0.2) is 0 Å². The molecule has 0 rings (SSSR count). The van der Waals surface area contributed by atoms with Gasteiger partial charge in [0.2, 0.25) is 0 Å². The van der Waals surface area contributed by atoms with Crippen LogP contribution in [0.2, 0.25) is 0 Å². The molecule has 0 aliphatic heterocycles. The summed E-state index contributed by atoms with van der Waals surface area (Å²) in [5.41, 5.74) is -0.433. The number of hydrogen-bond acceptors (Lipinski definition) is 5. The van der Waals surface area contributed by atoms with Gasteiger partial charge in [0, 0.05) is 46.9 Å². The van der Waals surface area contributed by atoms with Gasteiger partial charge in [0.25, 0.3) is 0 Å². The van der Waals surface area contributed by atoms with Gasteiger partial charge in [0.1, 0.15) is 0 Å². The van der Waals surface area contributed by atoms with Crippen LogP contribution in [-0.2, 0) is 23.7 Å². The Labute approximate surface area is 130 Å². The van der Waals surface area contributed by atoms with E-state index in [0.29, 0.717) is 33.0 Å². The Morgan fingerprint density at radius 2 is 1.24 bits per heavy atom. The molecule has 0 saturated carbocycles. The van der Waals surface area contributed by atoms with E-state index >= 15 is 0 Å². The molecule has 0 spiro atoms. The highest BCUT2D eigenvalue weighted by atomic mass is 16.5. The lowest BCUT2D eigenvalue weighted by atomic mass is 9.87. The van der Waals surface area contributed by atoms with Crippen LogP contribution in [0.5, 0.6) is 0 Å². The lowest BCUT2D eigenvalue weighted by molar-refractivity contribution is -0.148. The van der Waals surface area contributed by atoms with Crippen LogP contribution in [0.3, 0.4) is 0 Å². The van der Waals surface area contributed by atoms with Crippen molar-refractivity contribution in [2.75, 3.05) is 61.5 Å². The van der Waals surface area contributed by atoms with Crippen LogP contribution in [0.15, 0.2) is 0 Å². The van der Waals surface area contributed by atoms with Crippen LogP contribution in [0.4, 0.5) is 0 Å². The molecule has 0 aliphatic rings. The summed E-state index contributed by atoms with van der Waals surface area (Å²) in [5, 5.41) is 0. The van der Waals surface area contributed by atoms with Crippen LogP contribution >= 0.6 is 0 Å². The molecule has 0 saturated heterocycles. The van der Waals surface area contributed by atoms with E-state index in [1.807, 2.05) is 0 Å². The van der Waals surface area contributed by atoms with Crippen molar-refractivity contribution >= 4 is 0 Å².